The first kappa shape index (κ1) is 21.2. The Labute approximate surface area is 164 Å². The van der Waals surface area contributed by atoms with Gasteiger partial charge in [0.2, 0.25) is 5.91 Å². The minimum absolute atomic E-state index is 0.00441. The molecule has 0 aliphatic rings. The molecule has 0 saturated carbocycles. The molecule has 0 saturated heterocycles. The highest BCUT2D eigenvalue weighted by atomic mass is 16.5. The van der Waals surface area contributed by atoms with Crippen molar-refractivity contribution in [1.82, 2.24) is 5.32 Å². The molecule has 0 bridgehead atoms. The van der Waals surface area contributed by atoms with E-state index in [1.807, 2.05) is 30.3 Å². The van der Waals surface area contributed by atoms with E-state index in [0.717, 1.165) is 5.56 Å². The summed E-state index contributed by atoms with van der Waals surface area (Å²) < 4.78 is 10.1. The zero-order valence-electron chi connectivity index (χ0n) is 16.1. The molecular formula is C22H25NO5. The molecule has 0 spiro atoms. The molecule has 1 atom stereocenters. The lowest BCUT2D eigenvalue weighted by molar-refractivity contribution is -0.147. The van der Waals surface area contributed by atoms with Gasteiger partial charge < -0.3 is 14.8 Å². The van der Waals surface area contributed by atoms with Crippen LogP contribution in [0.25, 0.3) is 0 Å². The molecule has 1 N–H and O–H groups in total. The molecule has 28 heavy (non-hydrogen) atoms. The number of ether oxygens (including phenoxy) is 2. The van der Waals surface area contributed by atoms with Gasteiger partial charge in [0.15, 0.2) is 5.78 Å². The minimum atomic E-state index is -0.786. The van der Waals surface area contributed by atoms with Crippen LogP contribution in [0.3, 0.4) is 0 Å². The molecule has 0 unspecified atom stereocenters. The number of methoxy groups -OCH3 is 1. The summed E-state index contributed by atoms with van der Waals surface area (Å²) in [6.07, 6.45) is 0.381. The normalized spacial score (nSPS) is 11.4. The van der Waals surface area contributed by atoms with E-state index < -0.39 is 12.0 Å². The Morgan fingerprint density at radius 1 is 0.964 bits per heavy atom. The van der Waals surface area contributed by atoms with Crippen LogP contribution in [0.1, 0.15) is 35.7 Å². The summed E-state index contributed by atoms with van der Waals surface area (Å²) >= 11 is 0. The third-order valence-electron chi connectivity index (χ3n) is 4.18. The van der Waals surface area contributed by atoms with Crippen LogP contribution < -0.4 is 10.1 Å². The van der Waals surface area contributed by atoms with Gasteiger partial charge in [0, 0.05) is 24.8 Å². The first-order valence-electron chi connectivity index (χ1n) is 9.20. The summed E-state index contributed by atoms with van der Waals surface area (Å²) in [7, 11) is 1.55. The summed E-state index contributed by atoms with van der Waals surface area (Å²) in [5, 5.41) is 2.69. The Hall–Kier alpha value is -3.15. The molecule has 0 aliphatic carbocycles. The highest BCUT2D eigenvalue weighted by molar-refractivity contribution is 5.98. The molecule has 1 amide bonds. The van der Waals surface area contributed by atoms with Crippen LogP contribution in [0.15, 0.2) is 54.6 Å². The molecular weight excluding hydrogens is 358 g/mol. The maximum atomic E-state index is 12.3. The number of esters is 1. The van der Waals surface area contributed by atoms with E-state index >= 15 is 0 Å². The molecule has 2 aromatic carbocycles. The van der Waals surface area contributed by atoms with E-state index in [4.69, 9.17) is 9.47 Å². The van der Waals surface area contributed by atoms with Gasteiger partial charge in [-0.05, 0) is 36.8 Å². The fraction of sp³-hybridized carbons (Fsp3) is 0.318. The zero-order chi connectivity index (χ0) is 20.4. The van der Waals surface area contributed by atoms with Crippen molar-refractivity contribution in [1.29, 1.82) is 0 Å². The van der Waals surface area contributed by atoms with E-state index in [-0.39, 0.29) is 31.1 Å². The number of amides is 1. The number of benzene rings is 2. The third-order valence-corrected chi connectivity index (χ3v) is 4.18. The minimum Gasteiger partial charge on any atom is -0.497 e. The third kappa shape index (κ3) is 6.54. The van der Waals surface area contributed by atoms with E-state index in [1.54, 1.807) is 38.3 Å². The standard InChI is InChI=1S/C22H25NO5/c1-3-28-22(26)19(15-16-7-5-4-6-8-16)23-21(25)14-13-20(24)17-9-11-18(27-2)12-10-17/h4-12,19H,3,13-15H2,1-2H3,(H,23,25)/t19-/m1/s1. The summed E-state index contributed by atoms with van der Waals surface area (Å²) in [5.41, 5.74) is 1.43. The van der Waals surface area contributed by atoms with Crippen molar-refractivity contribution in [3.63, 3.8) is 0 Å². The van der Waals surface area contributed by atoms with Crippen molar-refractivity contribution in [3.05, 3.63) is 65.7 Å². The van der Waals surface area contributed by atoms with Gasteiger partial charge in [0.1, 0.15) is 11.8 Å². The van der Waals surface area contributed by atoms with E-state index in [0.29, 0.717) is 17.7 Å². The van der Waals surface area contributed by atoms with Gasteiger partial charge in [-0.25, -0.2) is 4.79 Å². The van der Waals surface area contributed by atoms with Crippen LogP contribution in [0.4, 0.5) is 0 Å². The molecule has 6 heteroatoms. The summed E-state index contributed by atoms with van der Waals surface area (Å²) in [5.74, 6) is -0.335. The van der Waals surface area contributed by atoms with Gasteiger partial charge >= 0.3 is 5.97 Å². The smallest absolute Gasteiger partial charge is 0.328 e. The van der Waals surface area contributed by atoms with Crippen molar-refractivity contribution < 1.29 is 23.9 Å². The van der Waals surface area contributed by atoms with Gasteiger partial charge in [-0.15, -0.1) is 0 Å². The molecule has 0 radical (unpaired) electrons. The second kappa shape index (κ2) is 10.9. The Morgan fingerprint density at radius 3 is 2.25 bits per heavy atom. The number of carbonyl (C=O) groups is 3. The quantitative estimate of drug-likeness (QED) is 0.504. The van der Waals surface area contributed by atoms with Crippen LogP contribution in [0, 0.1) is 0 Å². The predicted molar refractivity (Wildman–Crippen MR) is 105 cm³/mol. The van der Waals surface area contributed by atoms with Gasteiger partial charge in [-0.1, -0.05) is 30.3 Å². The molecule has 0 heterocycles. The average Bonchev–Trinajstić information content (AvgIpc) is 2.72. The topological polar surface area (TPSA) is 81.7 Å². The first-order chi connectivity index (χ1) is 13.5. The summed E-state index contributed by atoms with van der Waals surface area (Å²) in [4.78, 5) is 36.7. The van der Waals surface area contributed by atoms with Crippen LogP contribution in [-0.2, 0) is 20.7 Å². The number of nitrogens with one attached hydrogen (secondary N) is 1. The van der Waals surface area contributed by atoms with Gasteiger partial charge in [-0.3, -0.25) is 9.59 Å². The van der Waals surface area contributed by atoms with Crippen LogP contribution in [0.5, 0.6) is 5.75 Å². The molecule has 0 fully saturated rings. The van der Waals surface area contributed by atoms with Gasteiger partial charge in [0.05, 0.1) is 13.7 Å². The fourth-order valence-corrected chi connectivity index (χ4v) is 2.70. The lowest BCUT2D eigenvalue weighted by Gasteiger charge is -2.17. The molecule has 2 rings (SSSR count). The number of hydrogen-bond donors (Lipinski definition) is 1. The van der Waals surface area contributed by atoms with Crippen molar-refractivity contribution in [2.45, 2.75) is 32.2 Å². The van der Waals surface area contributed by atoms with E-state index in [2.05, 4.69) is 5.32 Å². The number of ketones is 1. The fourth-order valence-electron chi connectivity index (χ4n) is 2.70. The monoisotopic (exact) mass is 383 g/mol. The Kier molecular flexibility index (Phi) is 8.21. The van der Waals surface area contributed by atoms with Crippen LogP contribution in [-0.4, -0.2) is 37.4 Å². The maximum absolute atomic E-state index is 12.3. The second-order valence-electron chi connectivity index (χ2n) is 6.21. The predicted octanol–water partition coefficient (Wildman–Crippen LogP) is 2.95. The number of carbonyl (C=O) groups excluding carboxylic acids is 3. The number of Topliss-reactive ketones (excluding diaryl/α,β-unsaturated/α-hetero) is 1. The van der Waals surface area contributed by atoms with Crippen LogP contribution >= 0.6 is 0 Å². The highest BCUT2D eigenvalue weighted by Crippen LogP contribution is 2.13. The van der Waals surface area contributed by atoms with Crippen LogP contribution in [0.2, 0.25) is 0 Å². The summed E-state index contributed by atoms with van der Waals surface area (Å²) in [6, 6.07) is 15.3. The van der Waals surface area contributed by atoms with E-state index in [9.17, 15) is 14.4 Å². The van der Waals surface area contributed by atoms with Crippen molar-refractivity contribution in [2.24, 2.45) is 0 Å². The second-order valence-corrected chi connectivity index (χ2v) is 6.21. The lowest BCUT2D eigenvalue weighted by atomic mass is 10.0. The SMILES string of the molecule is CCOC(=O)[C@@H](Cc1ccccc1)NC(=O)CCC(=O)c1ccc(OC)cc1. The Bertz CT molecular complexity index is 786. The zero-order valence-corrected chi connectivity index (χ0v) is 16.1. The molecule has 148 valence electrons. The van der Waals surface area contributed by atoms with Crippen molar-refractivity contribution in [3.8, 4) is 5.75 Å². The Morgan fingerprint density at radius 2 is 1.64 bits per heavy atom. The largest absolute Gasteiger partial charge is 0.497 e. The molecule has 0 aliphatic heterocycles. The first-order valence-corrected chi connectivity index (χ1v) is 9.20. The average molecular weight is 383 g/mol. The Balaban J connectivity index is 1.92. The number of rotatable bonds is 10. The van der Waals surface area contributed by atoms with Crippen molar-refractivity contribution >= 4 is 17.7 Å². The lowest BCUT2D eigenvalue weighted by Crippen LogP contribution is -2.43. The van der Waals surface area contributed by atoms with Crippen molar-refractivity contribution in [2.75, 3.05) is 13.7 Å². The van der Waals surface area contributed by atoms with Gasteiger partial charge in [0.25, 0.3) is 0 Å². The van der Waals surface area contributed by atoms with E-state index in [1.165, 1.54) is 0 Å². The summed E-state index contributed by atoms with van der Waals surface area (Å²) in [6.45, 7) is 1.95. The van der Waals surface area contributed by atoms with Gasteiger partial charge in [-0.2, -0.15) is 0 Å². The number of hydrogen-bond acceptors (Lipinski definition) is 5. The molecule has 2 aromatic rings. The highest BCUT2D eigenvalue weighted by Gasteiger charge is 2.22. The maximum Gasteiger partial charge on any atom is 0.328 e. The molecule has 6 nitrogen and oxygen atoms in total. The molecule has 0 aromatic heterocycles.